The van der Waals surface area contributed by atoms with Crippen LogP contribution in [0.4, 0.5) is 0 Å². The second kappa shape index (κ2) is 12.1. The molecule has 210 valence electrons. The molecule has 2 aromatic rings. The summed E-state index contributed by atoms with van der Waals surface area (Å²) in [6.07, 6.45) is 1.67. The van der Waals surface area contributed by atoms with Crippen molar-refractivity contribution < 1.29 is 28.9 Å². The number of benzene rings is 2. The van der Waals surface area contributed by atoms with E-state index >= 15 is 0 Å². The molecule has 39 heavy (non-hydrogen) atoms. The molecule has 4 rings (SSSR count). The van der Waals surface area contributed by atoms with Gasteiger partial charge in [0.25, 0.3) is 11.7 Å². The second-order valence-corrected chi connectivity index (χ2v) is 10.9. The zero-order valence-electron chi connectivity index (χ0n) is 23.8. The quantitative estimate of drug-likeness (QED) is 0.250. The first-order chi connectivity index (χ1) is 18.6. The van der Waals surface area contributed by atoms with E-state index < -0.39 is 17.7 Å². The van der Waals surface area contributed by atoms with Crippen LogP contribution in [0.1, 0.15) is 56.8 Å². The lowest BCUT2D eigenvalue weighted by Crippen LogP contribution is -2.35. The van der Waals surface area contributed by atoms with Gasteiger partial charge in [-0.05, 0) is 81.7 Å². The monoisotopic (exact) mass is 536 g/mol. The maximum absolute atomic E-state index is 13.4. The summed E-state index contributed by atoms with van der Waals surface area (Å²) in [4.78, 5) is 30.2. The Bertz CT molecular complexity index is 1250. The van der Waals surface area contributed by atoms with Crippen LogP contribution < -0.4 is 14.2 Å². The predicted octanol–water partition coefficient (Wildman–Crippen LogP) is 4.82. The van der Waals surface area contributed by atoms with Crippen LogP contribution in [0.2, 0.25) is 0 Å². The van der Waals surface area contributed by atoms with E-state index in [0.717, 1.165) is 17.7 Å². The lowest BCUT2D eigenvalue weighted by molar-refractivity contribution is -0.140. The highest BCUT2D eigenvalue weighted by molar-refractivity contribution is 6.46. The van der Waals surface area contributed by atoms with Gasteiger partial charge in [-0.2, -0.15) is 0 Å². The van der Waals surface area contributed by atoms with Gasteiger partial charge >= 0.3 is 0 Å². The first-order valence-electron chi connectivity index (χ1n) is 13.7. The Labute approximate surface area is 231 Å². The molecule has 2 aromatic carbocycles. The first kappa shape index (κ1) is 28.5. The minimum absolute atomic E-state index is 0.0484. The number of ketones is 1. The molecular formula is C31H40N2O6. The third-order valence-electron chi connectivity index (χ3n) is 7.03. The van der Waals surface area contributed by atoms with Crippen molar-refractivity contribution >= 4 is 17.4 Å². The summed E-state index contributed by atoms with van der Waals surface area (Å²) >= 11 is 0. The molecule has 1 fully saturated rings. The van der Waals surface area contributed by atoms with Gasteiger partial charge in [0.05, 0.1) is 24.8 Å². The lowest BCUT2D eigenvalue weighted by Gasteiger charge is -2.27. The normalized spacial score (nSPS) is 20.1. The number of aliphatic hydroxyl groups excluding tert-OH is 1. The molecule has 0 radical (unpaired) electrons. The third-order valence-corrected chi connectivity index (χ3v) is 7.03. The van der Waals surface area contributed by atoms with Gasteiger partial charge < -0.3 is 29.1 Å². The predicted molar refractivity (Wildman–Crippen MR) is 150 cm³/mol. The van der Waals surface area contributed by atoms with Crippen LogP contribution in [-0.2, 0) is 16.0 Å². The summed E-state index contributed by atoms with van der Waals surface area (Å²) in [6, 6.07) is 10.1. The molecular weight excluding hydrogens is 496 g/mol. The Kier molecular flexibility index (Phi) is 8.85. The average molecular weight is 537 g/mol. The van der Waals surface area contributed by atoms with Gasteiger partial charge in [-0.1, -0.05) is 19.9 Å². The number of amides is 1. The number of hydrogen-bond donors (Lipinski definition) is 1. The van der Waals surface area contributed by atoms with Crippen LogP contribution in [0.15, 0.2) is 42.0 Å². The van der Waals surface area contributed by atoms with Crippen LogP contribution in [0.3, 0.4) is 0 Å². The Hall–Kier alpha value is -3.52. The number of ether oxygens (including phenoxy) is 3. The third kappa shape index (κ3) is 6.22. The van der Waals surface area contributed by atoms with Gasteiger partial charge in [-0.3, -0.25) is 9.59 Å². The molecule has 2 atom stereocenters. The Morgan fingerprint density at radius 1 is 1.13 bits per heavy atom. The van der Waals surface area contributed by atoms with Crippen molar-refractivity contribution in [3.8, 4) is 17.2 Å². The van der Waals surface area contributed by atoms with Crippen molar-refractivity contribution in [1.29, 1.82) is 0 Å². The van der Waals surface area contributed by atoms with Crippen molar-refractivity contribution in [3.63, 3.8) is 0 Å². The van der Waals surface area contributed by atoms with Gasteiger partial charge in [0.1, 0.15) is 17.6 Å². The summed E-state index contributed by atoms with van der Waals surface area (Å²) < 4.78 is 17.7. The number of aliphatic hydroxyl groups is 1. The fraction of sp³-hybridized carbons (Fsp3) is 0.484. The SMILES string of the molecule is CCOc1cc(C2C(=C(O)c3ccc4c(c3)CC(C)O4)C(=O)C(=O)N2CCN(C)C)ccc1OCCC(C)C. The number of carbonyl (C=O) groups is 2. The molecule has 8 nitrogen and oxygen atoms in total. The zero-order valence-corrected chi connectivity index (χ0v) is 23.8. The van der Waals surface area contributed by atoms with Crippen molar-refractivity contribution in [1.82, 2.24) is 9.80 Å². The van der Waals surface area contributed by atoms with E-state index in [1.807, 2.05) is 63.2 Å². The molecule has 8 heteroatoms. The number of nitrogens with zero attached hydrogens (tertiary/aromatic N) is 2. The molecule has 2 heterocycles. The molecule has 2 aliphatic heterocycles. The lowest BCUT2D eigenvalue weighted by atomic mass is 9.94. The number of likely N-dealkylation sites (N-methyl/N-ethyl adjacent to an activating group) is 1. The van der Waals surface area contributed by atoms with E-state index in [1.165, 1.54) is 4.90 Å². The van der Waals surface area contributed by atoms with E-state index in [1.54, 1.807) is 6.07 Å². The van der Waals surface area contributed by atoms with Crippen LogP contribution in [-0.4, -0.2) is 73.1 Å². The molecule has 2 aliphatic rings. The van der Waals surface area contributed by atoms with Gasteiger partial charge in [0, 0.05) is 25.1 Å². The van der Waals surface area contributed by atoms with Crippen LogP contribution >= 0.6 is 0 Å². The first-order valence-corrected chi connectivity index (χ1v) is 13.7. The largest absolute Gasteiger partial charge is 0.507 e. The van der Waals surface area contributed by atoms with E-state index in [2.05, 4.69) is 13.8 Å². The van der Waals surface area contributed by atoms with E-state index in [0.29, 0.717) is 61.3 Å². The van der Waals surface area contributed by atoms with Crippen LogP contribution in [0.5, 0.6) is 17.2 Å². The highest BCUT2D eigenvalue weighted by Gasteiger charge is 2.46. The molecule has 2 unspecified atom stereocenters. The number of likely N-dealkylation sites (tertiary alicyclic amines) is 1. The van der Waals surface area contributed by atoms with Gasteiger partial charge in [0.15, 0.2) is 11.5 Å². The number of carbonyl (C=O) groups excluding carboxylic acids is 2. The molecule has 0 aromatic heterocycles. The molecule has 0 saturated carbocycles. The molecule has 0 bridgehead atoms. The van der Waals surface area contributed by atoms with E-state index in [9.17, 15) is 14.7 Å². The number of rotatable bonds is 11. The number of Topliss-reactive ketones (excluding diaryl/α,β-unsaturated/α-hetero) is 1. The minimum Gasteiger partial charge on any atom is -0.507 e. The van der Waals surface area contributed by atoms with Crippen molar-refractivity contribution in [2.24, 2.45) is 5.92 Å². The fourth-order valence-electron chi connectivity index (χ4n) is 4.98. The summed E-state index contributed by atoms with van der Waals surface area (Å²) in [6.45, 7) is 10.0. The maximum atomic E-state index is 13.4. The standard InChI is InChI=1S/C31H40N2O6/c1-7-37-26-18-21(8-11-25(26)38-15-12-19(2)3)28-27(30(35)31(36)33(28)14-13-32(5)6)29(34)22-9-10-24-23(17-22)16-20(4)39-24/h8-11,17-20,28,34H,7,12-16H2,1-6H3. The molecule has 0 spiro atoms. The summed E-state index contributed by atoms with van der Waals surface area (Å²) in [5, 5.41) is 11.5. The summed E-state index contributed by atoms with van der Waals surface area (Å²) in [5.74, 6) is 0.915. The topological polar surface area (TPSA) is 88.5 Å². The maximum Gasteiger partial charge on any atom is 0.295 e. The molecule has 1 amide bonds. The Balaban J connectivity index is 1.78. The minimum atomic E-state index is -0.766. The van der Waals surface area contributed by atoms with Crippen LogP contribution in [0.25, 0.3) is 5.76 Å². The summed E-state index contributed by atoms with van der Waals surface area (Å²) in [5.41, 5.74) is 2.20. The van der Waals surface area contributed by atoms with Gasteiger partial charge in [0.2, 0.25) is 0 Å². The van der Waals surface area contributed by atoms with Gasteiger partial charge in [-0.15, -0.1) is 0 Å². The fourth-order valence-corrected chi connectivity index (χ4v) is 4.98. The Morgan fingerprint density at radius 2 is 1.90 bits per heavy atom. The smallest absolute Gasteiger partial charge is 0.295 e. The van der Waals surface area contributed by atoms with Crippen molar-refractivity contribution in [3.05, 3.63) is 58.7 Å². The van der Waals surface area contributed by atoms with Crippen molar-refractivity contribution in [2.45, 2.75) is 52.7 Å². The second-order valence-electron chi connectivity index (χ2n) is 10.9. The Morgan fingerprint density at radius 3 is 2.59 bits per heavy atom. The van der Waals surface area contributed by atoms with Crippen LogP contribution in [0, 0.1) is 5.92 Å². The zero-order chi connectivity index (χ0) is 28.3. The summed E-state index contributed by atoms with van der Waals surface area (Å²) in [7, 11) is 3.82. The molecule has 1 saturated heterocycles. The van der Waals surface area contributed by atoms with Gasteiger partial charge in [-0.25, -0.2) is 0 Å². The highest BCUT2D eigenvalue weighted by atomic mass is 16.5. The number of fused-ring (bicyclic) bond motifs is 1. The molecule has 1 N–H and O–H groups in total. The van der Waals surface area contributed by atoms with E-state index in [4.69, 9.17) is 14.2 Å². The number of hydrogen-bond acceptors (Lipinski definition) is 7. The van der Waals surface area contributed by atoms with E-state index in [-0.39, 0.29) is 17.4 Å². The molecule has 0 aliphatic carbocycles. The highest BCUT2D eigenvalue weighted by Crippen LogP contribution is 2.42. The average Bonchev–Trinajstić information content (AvgIpc) is 3.38. The van der Waals surface area contributed by atoms with Crippen molar-refractivity contribution in [2.75, 3.05) is 40.4 Å².